The highest BCUT2D eigenvalue weighted by Gasteiger charge is 2.14. The quantitative estimate of drug-likeness (QED) is 0.849. The number of nitrogens with two attached hydrogens (primary N) is 1. The van der Waals surface area contributed by atoms with Crippen molar-refractivity contribution in [2.75, 3.05) is 44.4 Å². The summed E-state index contributed by atoms with van der Waals surface area (Å²) in [4.78, 5) is 6.56. The summed E-state index contributed by atoms with van der Waals surface area (Å²) in [6, 6.07) is 1.85. The van der Waals surface area contributed by atoms with Crippen molar-refractivity contribution in [3.63, 3.8) is 0 Å². The third kappa shape index (κ3) is 2.84. The van der Waals surface area contributed by atoms with E-state index in [1.165, 1.54) is 0 Å². The number of rotatable bonds is 2. The van der Waals surface area contributed by atoms with E-state index in [0.29, 0.717) is 5.69 Å². The zero-order chi connectivity index (χ0) is 11.5. The Morgan fingerprint density at radius 1 is 1.38 bits per heavy atom. The summed E-state index contributed by atoms with van der Waals surface area (Å²) in [5, 5.41) is 2.17. The third-order valence-corrected chi connectivity index (χ3v) is 3.23. The van der Waals surface area contributed by atoms with E-state index in [1.807, 2.05) is 6.07 Å². The monoisotopic (exact) mass is 285 g/mol. The van der Waals surface area contributed by atoms with Crippen LogP contribution in [0.15, 0.2) is 16.7 Å². The molecule has 1 saturated heterocycles. The Kier molecular flexibility index (Phi) is 3.63. The molecule has 1 aliphatic rings. The van der Waals surface area contributed by atoms with E-state index in [9.17, 15) is 0 Å². The fraction of sp³-hybridized carbons (Fsp3) is 0.500. The molecule has 2 rings (SSSR count). The Bertz CT molecular complexity index is 362. The lowest BCUT2D eigenvalue weighted by molar-refractivity contribution is 0.178. The highest BCUT2D eigenvalue weighted by molar-refractivity contribution is 9.10. The number of nitrogen functional groups attached to an aromatic ring is 1. The molecule has 0 bridgehead atoms. The summed E-state index contributed by atoms with van der Waals surface area (Å²) in [7, 11) is 2.13. The van der Waals surface area contributed by atoms with Gasteiger partial charge in [0.15, 0.2) is 5.82 Å². The summed E-state index contributed by atoms with van der Waals surface area (Å²) in [6.07, 6.45) is 1.66. The minimum Gasteiger partial charge on any atom is -0.397 e. The molecule has 0 aromatic carbocycles. The fourth-order valence-corrected chi connectivity index (χ4v) is 2.06. The SMILES string of the molecule is CN1CCN(Nc2ncc(N)cc2Br)CC1. The molecule has 16 heavy (non-hydrogen) atoms. The number of anilines is 2. The number of pyridine rings is 1. The zero-order valence-electron chi connectivity index (χ0n) is 9.28. The zero-order valence-corrected chi connectivity index (χ0v) is 10.9. The van der Waals surface area contributed by atoms with Crippen LogP contribution in [-0.4, -0.2) is 48.1 Å². The Labute approximate surface area is 104 Å². The fourth-order valence-electron chi connectivity index (χ4n) is 1.60. The van der Waals surface area contributed by atoms with Crippen molar-refractivity contribution in [2.45, 2.75) is 0 Å². The normalized spacial score (nSPS) is 18.6. The molecule has 1 aromatic heterocycles. The van der Waals surface area contributed by atoms with Gasteiger partial charge in [0.1, 0.15) is 0 Å². The van der Waals surface area contributed by atoms with Crippen LogP contribution < -0.4 is 11.2 Å². The second-order valence-corrected chi connectivity index (χ2v) is 4.86. The molecular weight excluding hydrogens is 270 g/mol. The number of nitrogens with one attached hydrogen (secondary N) is 1. The van der Waals surface area contributed by atoms with Crippen molar-refractivity contribution in [3.8, 4) is 0 Å². The van der Waals surface area contributed by atoms with Crippen molar-refractivity contribution in [3.05, 3.63) is 16.7 Å². The van der Waals surface area contributed by atoms with Crippen LogP contribution in [0.3, 0.4) is 0 Å². The highest BCUT2D eigenvalue weighted by atomic mass is 79.9. The van der Waals surface area contributed by atoms with Gasteiger partial charge in [-0.2, -0.15) is 0 Å². The molecule has 0 aliphatic carbocycles. The number of nitrogens with zero attached hydrogens (tertiary/aromatic N) is 3. The molecule has 0 spiro atoms. The minimum atomic E-state index is 0.663. The maximum absolute atomic E-state index is 5.64. The van der Waals surface area contributed by atoms with Gasteiger partial charge in [0.25, 0.3) is 0 Å². The average Bonchev–Trinajstić information content (AvgIpc) is 2.25. The number of hydrogen-bond acceptors (Lipinski definition) is 5. The van der Waals surface area contributed by atoms with E-state index in [4.69, 9.17) is 5.73 Å². The molecule has 0 unspecified atom stereocenters. The molecule has 0 amide bonds. The lowest BCUT2D eigenvalue weighted by Crippen LogP contribution is -2.47. The molecule has 0 atom stereocenters. The van der Waals surface area contributed by atoms with Gasteiger partial charge in [0.2, 0.25) is 0 Å². The van der Waals surface area contributed by atoms with Gasteiger partial charge in [-0.25, -0.2) is 9.99 Å². The molecule has 1 fully saturated rings. The van der Waals surface area contributed by atoms with Gasteiger partial charge in [-0.1, -0.05) is 0 Å². The van der Waals surface area contributed by atoms with Crippen LogP contribution in [0.25, 0.3) is 0 Å². The Morgan fingerprint density at radius 2 is 2.06 bits per heavy atom. The first-order valence-corrected chi connectivity index (χ1v) is 6.05. The van der Waals surface area contributed by atoms with Gasteiger partial charge in [0.05, 0.1) is 16.4 Å². The summed E-state index contributed by atoms with van der Waals surface area (Å²) >= 11 is 3.44. The van der Waals surface area contributed by atoms with Gasteiger partial charge >= 0.3 is 0 Å². The Balaban J connectivity index is 1.98. The maximum Gasteiger partial charge on any atom is 0.154 e. The van der Waals surface area contributed by atoms with Gasteiger partial charge in [-0.3, -0.25) is 0 Å². The summed E-state index contributed by atoms with van der Waals surface area (Å²) in [5.41, 5.74) is 9.59. The first-order valence-electron chi connectivity index (χ1n) is 5.26. The molecule has 3 N–H and O–H groups in total. The van der Waals surface area contributed by atoms with Crippen LogP contribution in [0, 0.1) is 0 Å². The van der Waals surface area contributed by atoms with Gasteiger partial charge in [0, 0.05) is 26.2 Å². The first kappa shape index (κ1) is 11.6. The Hall–Kier alpha value is -0.850. The summed E-state index contributed by atoms with van der Waals surface area (Å²) in [5.74, 6) is 0.818. The highest BCUT2D eigenvalue weighted by Crippen LogP contribution is 2.22. The van der Waals surface area contributed by atoms with Gasteiger partial charge in [-0.05, 0) is 29.0 Å². The average molecular weight is 286 g/mol. The molecule has 2 heterocycles. The summed E-state index contributed by atoms with van der Waals surface area (Å²) < 4.78 is 0.895. The van der Waals surface area contributed by atoms with Crippen molar-refractivity contribution >= 4 is 27.4 Å². The predicted octanol–water partition coefficient (Wildman–Crippen LogP) is 1.00. The van der Waals surface area contributed by atoms with E-state index >= 15 is 0 Å². The van der Waals surface area contributed by atoms with Crippen LogP contribution >= 0.6 is 15.9 Å². The number of hydrogen-bond donors (Lipinski definition) is 2. The molecule has 1 aromatic rings. The lowest BCUT2D eigenvalue weighted by Gasteiger charge is -2.32. The van der Waals surface area contributed by atoms with Crippen LogP contribution in [-0.2, 0) is 0 Å². The van der Waals surface area contributed by atoms with Crippen LogP contribution in [0.4, 0.5) is 11.5 Å². The predicted molar refractivity (Wildman–Crippen MR) is 69.0 cm³/mol. The third-order valence-electron chi connectivity index (χ3n) is 2.63. The second kappa shape index (κ2) is 4.99. The largest absolute Gasteiger partial charge is 0.397 e. The first-order chi connectivity index (χ1) is 7.65. The number of aromatic nitrogens is 1. The van der Waals surface area contributed by atoms with Gasteiger partial charge in [-0.15, -0.1) is 0 Å². The van der Waals surface area contributed by atoms with E-state index in [0.717, 1.165) is 36.5 Å². The molecule has 1 aliphatic heterocycles. The molecule has 6 heteroatoms. The maximum atomic E-state index is 5.64. The van der Waals surface area contributed by atoms with E-state index < -0.39 is 0 Å². The van der Waals surface area contributed by atoms with Crippen molar-refractivity contribution in [2.24, 2.45) is 0 Å². The second-order valence-electron chi connectivity index (χ2n) is 4.00. The Morgan fingerprint density at radius 3 is 2.69 bits per heavy atom. The van der Waals surface area contributed by atoms with E-state index in [-0.39, 0.29) is 0 Å². The van der Waals surface area contributed by atoms with Crippen LogP contribution in [0.2, 0.25) is 0 Å². The number of hydrazine groups is 1. The van der Waals surface area contributed by atoms with E-state index in [2.05, 4.69) is 43.3 Å². The number of halogens is 1. The van der Waals surface area contributed by atoms with Crippen LogP contribution in [0.5, 0.6) is 0 Å². The van der Waals surface area contributed by atoms with Gasteiger partial charge < -0.3 is 16.1 Å². The molecular formula is C10H16BrN5. The summed E-state index contributed by atoms with van der Waals surface area (Å²) in [6.45, 7) is 4.13. The topological polar surface area (TPSA) is 57.4 Å². The van der Waals surface area contributed by atoms with Crippen molar-refractivity contribution in [1.82, 2.24) is 14.9 Å². The van der Waals surface area contributed by atoms with Crippen LogP contribution in [0.1, 0.15) is 0 Å². The number of piperazine rings is 1. The standard InChI is InChI=1S/C10H16BrN5/c1-15-2-4-16(5-3-15)14-10-9(11)6-8(12)7-13-10/h6-7H,2-5,12H2,1H3,(H,13,14). The molecule has 0 radical (unpaired) electrons. The molecule has 88 valence electrons. The van der Waals surface area contributed by atoms with E-state index in [1.54, 1.807) is 6.20 Å². The minimum absolute atomic E-state index is 0.663. The van der Waals surface area contributed by atoms with Crippen molar-refractivity contribution < 1.29 is 0 Å². The number of likely N-dealkylation sites (N-methyl/N-ethyl adjacent to an activating group) is 1. The van der Waals surface area contributed by atoms with Crippen molar-refractivity contribution in [1.29, 1.82) is 0 Å². The molecule has 5 nitrogen and oxygen atoms in total. The lowest BCUT2D eigenvalue weighted by atomic mass is 10.4. The molecule has 0 saturated carbocycles. The smallest absolute Gasteiger partial charge is 0.154 e.